The van der Waals surface area contributed by atoms with Crippen molar-refractivity contribution in [2.24, 2.45) is 0 Å². The summed E-state index contributed by atoms with van der Waals surface area (Å²) in [6.07, 6.45) is 6.62. The quantitative estimate of drug-likeness (QED) is 0.509. The van der Waals surface area contributed by atoms with Gasteiger partial charge in [0.1, 0.15) is 12.4 Å². The Morgan fingerprint density at radius 2 is 2.22 bits per heavy atom. The molecule has 0 fully saturated rings. The van der Waals surface area contributed by atoms with Crippen LogP contribution in [-0.2, 0) is 16.1 Å². The van der Waals surface area contributed by atoms with E-state index in [-0.39, 0.29) is 12.6 Å². The minimum absolute atomic E-state index is 0.147. The first kappa shape index (κ1) is 12.1. The first-order valence-electron chi connectivity index (χ1n) is 5.69. The number of aromatic nitrogens is 2. The van der Waals surface area contributed by atoms with E-state index in [0.29, 0.717) is 5.82 Å². The first-order chi connectivity index (χ1) is 8.79. The fourth-order valence-corrected chi connectivity index (χ4v) is 1.51. The van der Waals surface area contributed by atoms with Gasteiger partial charge in [-0.15, -0.1) is 0 Å². The van der Waals surface area contributed by atoms with Crippen molar-refractivity contribution in [2.45, 2.75) is 13.5 Å². The number of nitrogens with zero attached hydrogens (tertiary/aromatic N) is 1. The molecule has 0 saturated carbocycles. The number of aromatic amines is 1. The molecule has 4 nitrogen and oxygen atoms in total. The third-order valence-corrected chi connectivity index (χ3v) is 2.33. The molecule has 0 spiro atoms. The van der Waals surface area contributed by atoms with Gasteiger partial charge in [0.2, 0.25) is 0 Å². The molecule has 2 rings (SSSR count). The molecule has 1 N–H and O–H groups in total. The molecule has 0 radical (unpaired) electrons. The van der Waals surface area contributed by atoms with Crippen molar-refractivity contribution in [3.8, 4) is 0 Å². The number of imidazole rings is 1. The molecule has 1 aromatic carbocycles. The molecule has 1 aromatic heterocycles. The molecule has 0 atom stereocenters. The molecular formula is C14H14N2O2. The van der Waals surface area contributed by atoms with Gasteiger partial charge in [-0.1, -0.05) is 30.4 Å². The van der Waals surface area contributed by atoms with E-state index >= 15 is 0 Å². The standard InChI is InChI=1S/C14H14N2O2/c1-2-3-4-9-14(17)18-10-13-15-11-7-5-6-8-12(11)16-13/h2-9H,10H2,1H3,(H,15,16). The zero-order valence-corrected chi connectivity index (χ0v) is 10.1. The Kier molecular flexibility index (Phi) is 3.91. The average Bonchev–Trinajstić information content (AvgIpc) is 2.79. The van der Waals surface area contributed by atoms with Crippen LogP contribution in [0.2, 0.25) is 0 Å². The normalized spacial score (nSPS) is 11.6. The molecule has 18 heavy (non-hydrogen) atoms. The van der Waals surface area contributed by atoms with Gasteiger partial charge in [-0.05, 0) is 19.1 Å². The molecule has 0 unspecified atom stereocenters. The van der Waals surface area contributed by atoms with Gasteiger partial charge in [0.05, 0.1) is 11.0 Å². The van der Waals surface area contributed by atoms with Crippen molar-refractivity contribution in [1.82, 2.24) is 9.97 Å². The fraction of sp³-hybridized carbons (Fsp3) is 0.143. The van der Waals surface area contributed by atoms with E-state index in [4.69, 9.17) is 4.74 Å². The highest BCUT2D eigenvalue weighted by atomic mass is 16.5. The number of allylic oxidation sites excluding steroid dienone is 3. The number of carbonyl (C=O) groups is 1. The number of carbonyl (C=O) groups excluding carboxylic acids is 1. The van der Waals surface area contributed by atoms with Crippen LogP contribution in [0.3, 0.4) is 0 Å². The zero-order chi connectivity index (χ0) is 12.8. The predicted octanol–water partition coefficient (Wildman–Crippen LogP) is 2.74. The second-order valence-electron chi connectivity index (χ2n) is 3.69. The number of fused-ring (bicyclic) bond motifs is 1. The summed E-state index contributed by atoms with van der Waals surface area (Å²) in [6, 6.07) is 7.68. The van der Waals surface area contributed by atoms with E-state index < -0.39 is 0 Å². The lowest BCUT2D eigenvalue weighted by Gasteiger charge is -1.97. The molecule has 92 valence electrons. The van der Waals surface area contributed by atoms with E-state index in [1.165, 1.54) is 6.08 Å². The van der Waals surface area contributed by atoms with Crippen LogP contribution in [0.15, 0.2) is 48.6 Å². The third-order valence-electron chi connectivity index (χ3n) is 2.33. The molecule has 0 aliphatic heterocycles. The van der Waals surface area contributed by atoms with Crippen LogP contribution >= 0.6 is 0 Å². The minimum atomic E-state index is -0.381. The molecule has 4 heteroatoms. The topological polar surface area (TPSA) is 55.0 Å². The molecule has 1 heterocycles. The van der Waals surface area contributed by atoms with Gasteiger partial charge in [0, 0.05) is 6.08 Å². The zero-order valence-electron chi connectivity index (χ0n) is 10.1. The van der Waals surface area contributed by atoms with Crippen LogP contribution in [0.4, 0.5) is 0 Å². The maximum atomic E-state index is 11.3. The molecule has 0 bridgehead atoms. The molecule has 2 aromatic rings. The summed E-state index contributed by atoms with van der Waals surface area (Å²) >= 11 is 0. The molecular weight excluding hydrogens is 228 g/mol. The van der Waals surface area contributed by atoms with Crippen molar-refractivity contribution in [2.75, 3.05) is 0 Å². The van der Waals surface area contributed by atoms with Crippen LogP contribution in [-0.4, -0.2) is 15.9 Å². The summed E-state index contributed by atoms with van der Waals surface area (Å²) in [5.41, 5.74) is 1.81. The highest BCUT2D eigenvalue weighted by Gasteiger charge is 2.03. The summed E-state index contributed by atoms with van der Waals surface area (Å²) in [7, 11) is 0. The lowest BCUT2D eigenvalue weighted by atomic mass is 10.3. The largest absolute Gasteiger partial charge is 0.454 e. The molecule has 0 amide bonds. The van der Waals surface area contributed by atoms with Crippen LogP contribution in [0.1, 0.15) is 12.7 Å². The van der Waals surface area contributed by atoms with Gasteiger partial charge in [0.25, 0.3) is 0 Å². The number of ether oxygens (including phenoxy) is 1. The monoisotopic (exact) mass is 242 g/mol. The van der Waals surface area contributed by atoms with E-state index in [0.717, 1.165) is 11.0 Å². The maximum Gasteiger partial charge on any atom is 0.331 e. The van der Waals surface area contributed by atoms with Gasteiger partial charge in [0.15, 0.2) is 0 Å². The van der Waals surface area contributed by atoms with E-state index in [2.05, 4.69) is 9.97 Å². The van der Waals surface area contributed by atoms with Crippen LogP contribution < -0.4 is 0 Å². The Morgan fingerprint density at radius 3 is 3.00 bits per heavy atom. The second kappa shape index (κ2) is 5.82. The number of benzene rings is 1. The first-order valence-corrected chi connectivity index (χ1v) is 5.69. The average molecular weight is 242 g/mol. The Morgan fingerprint density at radius 1 is 1.39 bits per heavy atom. The van der Waals surface area contributed by atoms with Crippen molar-refractivity contribution >= 4 is 17.0 Å². The number of para-hydroxylation sites is 2. The minimum Gasteiger partial charge on any atom is -0.454 e. The molecule has 0 saturated heterocycles. The second-order valence-corrected chi connectivity index (χ2v) is 3.69. The van der Waals surface area contributed by atoms with Crippen molar-refractivity contribution in [1.29, 1.82) is 0 Å². The molecule has 0 aliphatic carbocycles. The smallest absolute Gasteiger partial charge is 0.331 e. The van der Waals surface area contributed by atoms with Gasteiger partial charge < -0.3 is 9.72 Å². The Hall–Kier alpha value is -2.36. The third kappa shape index (κ3) is 3.07. The van der Waals surface area contributed by atoms with Crippen molar-refractivity contribution < 1.29 is 9.53 Å². The SMILES string of the molecule is CC=CC=CC(=O)OCc1nc2ccccc2[nH]1. The Bertz CT molecular complexity index is 564. The summed E-state index contributed by atoms with van der Waals surface area (Å²) in [4.78, 5) is 18.7. The van der Waals surface area contributed by atoms with Crippen LogP contribution in [0, 0.1) is 0 Å². The lowest BCUT2D eigenvalue weighted by Crippen LogP contribution is -2.01. The number of esters is 1. The summed E-state index contributed by atoms with van der Waals surface area (Å²) in [6.45, 7) is 2.03. The highest BCUT2D eigenvalue weighted by molar-refractivity contribution is 5.82. The summed E-state index contributed by atoms with van der Waals surface area (Å²) < 4.78 is 5.05. The van der Waals surface area contributed by atoms with Crippen molar-refractivity contribution in [3.05, 3.63) is 54.4 Å². The van der Waals surface area contributed by atoms with Gasteiger partial charge in [-0.2, -0.15) is 0 Å². The van der Waals surface area contributed by atoms with Crippen LogP contribution in [0.25, 0.3) is 11.0 Å². The number of H-pyrrole nitrogens is 1. The number of hydrogen-bond acceptors (Lipinski definition) is 3. The lowest BCUT2D eigenvalue weighted by molar-refractivity contribution is -0.139. The van der Waals surface area contributed by atoms with Crippen LogP contribution in [0.5, 0.6) is 0 Å². The number of nitrogens with one attached hydrogen (secondary N) is 1. The van der Waals surface area contributed by atoms with E-state index in [9.17, 15) is 4.79 Å². The maximum absolute atomic E-state index is 11.3. The van der Waals surface area contributed by atoms with Crippen molar-refractivity contribution in [3.63, 3.8) is 0 Å². The fourth-order valence-electron chi connectivity index (χ4n) is 1.51. The van der Waals surface area contributed by atoms with E-state index in [1.807, 2.05) is 37.3 Å². The van der Waals surface area contributed by atoms with Gasteiger partial charge in [-0.25, -0.2) is 9.78 Å². The Labute approximate surface area is 105 Å². The predicted molar refractivity (Wildman–Crippen MR) is 69.8 cm³/mol. The highest BCUT2D eigenvalue weighted by Crippen LogP contribution is 2.10. The summed E-state index contributed by atoms with van der Waals surface area (Å²) in [5, 5.41) is 0. The number of rotatable bonds is 4. The Balaban J connectivity index is 1.95. The molecule has 0 aliphatic rings. The van der Waals surface area contributed by atoms with E-state index in [1.54, 1.807) is 12.2 Å². The summed E-state index contributed by atoms with van der Waals surface area (Å²) in [5.74, 6) is 0.262. The number of hydrogen-bond donors (Lipinski definition) is 1. The van der Waals surface area contributed by atoms with Gasteiger partial charge >= 0.3 is 5.97 Å². The van der Waals surface area contributed by atoms with Gasteiger partial charge in [-0.3, -0.25) is 0 Å².